The Labute approximate surface area is 110 Å². The lowest BCUT2D eigenvalue weighted by Gasteiger charge is -2.22. The number of benzene rings is 1. The van der Waals surface area contributed by atoms with Gasteiger partial charge >= 0.3 is 6.09 Å². The normalized spacial score (nSPS) is 9.58. The van der Waals surface area contributed by atoms with E-state index in [1.54, 1.807) is 6.92 Å². The van der Waals surface area contributed by atoms with E-state index < -0.39 is 11.0 Å². The average Bonchev–Trinajstić information content (AvgIpc) is 2.39. The molecule has 1 rings (SSSR count). The van der Waals surface area contributed by atoms with Crippen LogP contribution in [0.4, 0.5) is 16.2 Å². The zero-order valence-electron chi connectivity index (χ0n) is 10.7. The van der Waals surface area contributed by atoms with Crippen LogP contribution in [0.1, 0.15) is 6.92 Å². The molecule has 0 N–H and O–H groups in total. The van der Waals surface area contributed by atoms with Gasteiger partial charge in [0.05, 0.1) is 24.3 Å². The van der Waals surface area contributed by atoms with E-state index in [1.807, 2.05) is 0 Å². The molecule has 7 nitrogen and oxygen atoms in total. The maximum Gasteiger partial charge on any atom is 0.421 e. The number of carbonyl (C=O) groups excluding carboxylic acids is 1. The molecule has 0 aromatic heterocycles. The first-order valence-electron chi connectivity index (χ1n) is 5.45. The minimum atomic E-state index is -0.737. The summed E-state index contributed by atoms with van der Waals surface area (Å²) in [4.78, 5) is 22.9. The third kappa shape index (κ3) is 3.44. The molecule has 0 aliphatic rings. The minimum Gasteiger partial charge on any atom is -0.479 e. The predicted octanol–water partition coefficient (Wildman–Crippen LogP) is 2.68. The van der Waals surface area contributed by atoms with Gasteiger partial charge in [0.1, 0.15) is 0 Å². The highest BCUT2D eigenvalue weighted by Gasteiger charge is 2.22. The lowest BCUT2D eigenvalue weighted by molar-refractivity contribution is -0.384. The van der Waals surface area contributed by atoms with Crippen LogP contribution in [0.5, 0.6) is 0 Å². The fourth-order valence-corrected chi connectivity index (χ4v) is 1.42. The molecule has 0 saturated heterocycles. The topological polar surface area (TPSA) is 81.9 Å². The molecule has 0 spiro atoms. The Morgan fingerprint density at radius 3 is 2.74 bits per heavy atom. The predicted molar refractivity (Wildman–Crippen MR) is 68.7 cm³/mol. The van der Waals surface area contributed by atoms with Crippen LogP contribution in [0.15, 0.2) is 36.7 Å². The van der Waals surface area contributed by atoms with Crippen LogP contribution in [-0.2, 0) is 9.47 Å². The lowest BCUT2D eigenvalue weighted by atomic mass is 10.2. The van der Waals surface area contributed by atoms with Crippen LogP contribution in [0.2, 0.25) is 0 Å². The van der Waals surface area contributed by atoms with Crippen molar-refractivity contribution in [2.45, 2.75) is 6.92 Å². The smallest absolute Gasteiger partial charge is 0.421 e. The second-order valence-electron chi connectivity index (χ2n) is 3.41. The number of amides is 1. The zero-order chi connectivity index (χ0) is 14.4. The first-order valence-corrected chi connectivity index (χ1v) is 5.45. The van der Waals surface area contributed by atoms with E-state index in [2.05, 4.69) is 11.3 Å². The van der Waals surface area contributed by atoms with Gasteiger partial charge in [-0.05, 0) is 19.6 Å². The summed E-state index contributed by atoms with van der Waals surface area (Å²) in [5, 5.41) is 10.7. The second-order valence-corrected chi connectivity index (χ2v) is 3.41. The molecule has 1 aromatic rings. The molecule has 0 aliphatic heterocycles. The molecule has 19 heavy (non-hydrogen) atoms. The van der Waals surface area contributed by atoms with Crippen LogP contribution in [0.25, 0.3) is 0 Å². The third-order valence-electron chi connectivity index (χ3n) is 2.22. The Hall–Kier alpha value is -2.57. The molecule has 1 aromatic carbocycles. The fraction of sp³-hybridized carbons (Fsp3) is 0.250. The van der Waals surface area contributed by atoms with Gasteiger partial charge in [-0.15, -0.1) is 0 Å². The number of nitro groups is 1. The van der Waals surface area contributed by atoms with Crippen molar-refractivity contribution < 1.29 is 19.2 Å². The summed E-state index contributed by atoms with van der Waals surface area (Å²) in [5.74, 6) is 0.0369. The highest BCUT2D eigenvalue weighted by atomic mass is 16.6. The molecule has 0 saturated carbocycles. The molecule has 0 atom stereocenters. The van der Waals surface area contributed by atoms with Crippen LogP contribution in [0, 0.1) is 10.1 Å². The van der Waals surface area contributed by atoms with Crippen molar-refractivity contribution in [2.24, 2.45) is 0 Å². The summed E-state index contributed by atoms with van der Waals surface area (Å²) in [7, 11) is 1.20. The Morgan fingerprint density at radius 1 is 1.53 bits per heavy atom. The Bertz CT molecular complexity index is 501. The van der Waals surface area contributed by atoms with Gasteiger partial charge in [-0.25, -0.2) is 9.69 Å². The van der Waals surface area contributed by atoms with Gasteiger partial charge < -0.3 is 9.47 Å². The van der Waals surface area contributed by atoms with E-state index in [4.69, 9.17) is 4.74 Å². The Balaban J connectivity index is 3.17. The van der Waals surface area contributed by atoms with E-state index in [-0.39, 0.29) is 17.3 Å². The molecular formula is C12H14N2O5. The van der Waals surface area contributed by atoms with Crippen LogP contribution >= 0.6 is 0 Å². The molecule has 1 amide bonds. The maximum atomic E-state index is 11.7. The summed E-state index contributed by atoms with van der Waals surface area (Å²) in [5.41, 5.74) is 0.107. The van der Waals surface area contributed by atoms with E-state index in [0.717, 1.165) is 4.90 Å². The number of hydrogen-bond acceptors (Lipinski definition) is 5. The fourth-order valence-electron chi connectivity index (χ4n) is 1.42. The van der Waals surface area contributed by atoms with Crippen molar-refractivity contribution in [3.05, 3.63) is 46.8 Å². The standard InChI is InChI=1S/C12H14N2O5/c1-4-19-9(2)13(12(15)18-3)10-6-5-7-11(8-10)14(16)17/h5-8H,2,4H2,1,3H3. The molecule has 0 aliphatic carbocycles. The van der Waals surface area contributed by atoms with E-state index in [1.165, 1.54) is 31.4 Å². The van der Waals surface area contributed by atoms with Crippen molar-refractivity contribution >= 4 is 17.5 Å². The number of anilines is 1. The molecule has 0 unspecified atom stereocenters. The number of ether oxygens (including phenoxy) is 2. The van der Waals surface area contributed by atoms with Crippen molar-refractivity contribution in [3.8, 4) is 0 Å². The molecule has 7 heteroatoms. The van der Waals surface area contributed by atoms with Gasteiger partial charge in [0.15, 0.2) is 5.88 Å². The number of carbonyl (C=O) groups is 1. The van der Waals surface area contributed by atoms with Gasteiger partial charge in [-0.2, -0.15) is 0 Å². The average molecular weight is 266 g/mol. The monoisotopic (exact) mass is 266 g/mol. The molecule has 0 radical (unpaired) electrons. The molecular weight excluding hydrogens is 252 g/mol. The first-order chi connectivity index (χ1) is 9.01. The number of rotatable bonds is 5. The quantitative estimate of drug-likeness (QED) is 0.465. The van der Waals surface area contributed by atoms with Crippen LogP contribution in [-0.4, -0.2) is 24.7 Å². The zero-order valence-corrected chi connectivity index (χ0v) is 10.7. The number of non-ortho nitro benzene ring substituents is 1. The van der Waals surface area contributed by atoms with E-state index in [9.17, 15) is 14.9 Å². The van der Waals surface area contributed by atoms with Crippen molar-refractivity contribution in [2.75, 3.05) is 18.6 Å². The highest BCUT2D eigenvalue weighted by molar-refractivity contribution is 5.90. The Kier molecular flexibility index (Phi) is 4.87. The molecule has 102 valence electrons. The maximum absolute atomic E-state index is 11.7. The summed E-state index contributed by atoms with van der Waals surface area (Å²) in [6.45, 7) is 5.63. The lowest BCUT2D eigenvalue weighted by Crippen LogP contribution is -2.30. The summed E-state index contributed by atoms with van der Waals surface area (Å²) < 4.78 is 9.75. The summed E-state index contributed by atoms with van der Waals surface area (Å²) >= 11 is 0. The van der Waals surface area contributed by atoms with Gasteiger partial charge in [0.25, 0.3) is 5.69 Å². The summed E-state index contributed by atoms with van der Waals surface area (Å²) in [6, 6.07) is 5.54. The number of hydrogen-bond donors (Lipinski definition) is 0. The van der Waals surface area contributed by atoms with Gasteiger partial charge in [0.2, 0.25) is 0 Å². The highest BCUT2D eigenvalue weighted by Crippen LogP contribution is 2.24. The molecule has 0 fully saturated rings. The van der Waals surface area contributed by atoms with Crippen molar-refractivity contribution in [1.29, 1.82) is 0 Å². The largest absolute Gasteiger partial charge is 0.479 e. The SMILES string of the molecule is C=C(OCC)N(C(=O)OC)c1cccc([N+](=O)[O-])c1. The number of methoxy groups -OCH3 is 1. The van der Waals surface area contributed by atoms with Crippen molar-refractivity contribution in [3.63, 3.8) is 0 Å². The molecule has 0 bridgehead atoms. The minimum absolute atomic E-state index is 0.0369. The second kappa shape index (κ2) is 6.39. The van der Waals surface area contributed by atoms with Crippen LogP contribution in [0.3, 0.4) is 0 Å². The van der Waals surface area contributed by atoms with Gasteiger partial charge in [0, 0.05) is 12.1 Å². The molecule has 0 heterocycles. The third-order valence-corrected chi connectivity index (χ3v) is 2.22. The van der Waals surface area contributed by atoms with E-state index in [0.29, 0.717) is 6.61 Å². The first kappa shape index (κ1) is 14.5. The van der Waals surface area contributed by atoms with Crippen molar-refractivity contribution in [1.82, 2.24) is 0 Å². The summed E-state index contributed by atoms with van der Waals surface area (Å²) in [6.07, 6.45) is -0.737. The van der Waals surface area contributed by atoms with E-state index >= 15 is 0 Å². The van der Waals surface area contributed by atoms with Gasteiger partial charge in [-0.3, -0.25) is 10.1 Å². The van der Waals surface area contributed by atoms with Crippen LogP contribution < -0.4 is 4.90 Å². The number of nitro benzene ring substituents is 1. The Morgan fingerprint density at radius 2 is 2.21 bits per heavy atom. The number of nitrogens with zero attached hydrogens (tertiary/aromatic N) is 2. The van der Waals surface area contributed by atoms with Gasteiger partial charge in [-0.1, -0.05) is 6.07 Å².